The van der Waals surface area contributed by atoms with Crippen LogP contribution in [0.25, 0.3) is 0 Å². The molecule has 2 aromatic rings. The monoisotopic (exact) mass is 281 g/mol. The molecule has 2 heteroatoms. The van der Waals surface area contributed by atoms with Gasteiger partial charge in [-0.25, -0.2) is 0 Å². The van der Waals surface area contributed by atoms with Crippen LogP contribution >= 0.6 is 0 Å². The van der Waals surface area contributed by atoms with E-state index in [1.54, 1.807) is 0 Å². The molecule has 0 radical (unpaired) electrons. The molecule has 1 atom stereocenters. The third-order valence-electron chi connectivity index (χ3n) is 4.37. The SMILES string of the molecule is OCC(Cc1ccccc1)(NCC1CC1)c1ccccc1. The normalized spacial score (nSPS) is 17.4. The van der Waals surface area contributed by atoms with Gasteiger partial charge in [-0.3, -0.25) is 0 Å². The maximum atomic E-state index is 10.2. The van der Waals surface area contributed by atoms with Crippen molar-refractivity contribution in [2.24, 2.45) is 5.92 Å². The van der Waals surface area contributed by atoms with E-state index in [1.165, 1.54) is 18.4 Å². The van der Waals surface area contributed by atoms with Crippen molar-refractivity contribution >= 4 is 0 Å². The Morgan fingerprint density at radius 2 is 1.57 bits per heavy atom. The molecule has 0 heterocycles. The van der Waals surface area contributed by atoms with E-state index in [9.17, 15) is 5.11 Å². The lowest BCUT2D eigenvalue weighted by Crippen LogP contribution is -2.48. The van der Waals surface area contributed by atoms with Crippen molar-refractivity contribution in [2.45, 2.75) is 24.8 Å². The fraction of sp³-hybridized carbons (Fsp3) is 0.368. The van der Waals surface area contributed by atoms with Gasteiger partial charge in [0, 0.05) is 0 Å². The molecule has 0 amide bonds. The van der Waals surface area contributed by atoms with Crippen LogP contribution in [0.1, 0.15) is 24.0 Å². The molecule has 0 spiro atoms. The van der Waals surface area contributed by atoms with Gasteiger partial charge in [0.05, 0.1) is 12.1 Å². The number of aliphatic hydroxyl groups is 1. The highest BCUT2D eigenvalue weighted by Crippen LogP contribution is 2.31. The highest BCUT2D eigenvalue weighted by Gasteiger charge is 2.33. The molecule has 2 aromatic carbocycles. The summed E-state index contributed by atoms with van der Waals surface area (Å²) in [6, 6.07) is 20.7. The summed E-state index contributed by atoms with van der Waals surface area (Å²) in [5.41, 5.74) is 2.03. The van der Waals surface area contributed by atoms with Crippen molar-refractivity contribution in [1.82, 2.24) is 5.32 Å². The Balaban J connectivity index is 1.87. The maximum absolute atomic E-state index is 10.2. The number of hydrogen-bond acceptors (Lipinski definition) is 2. The van der Waals surface area contributed by atoms with Gasteiger partial charge in [-0.15, -0.1) is 0 Å². The molecule has 2 N–H and O–H groups in total. The topological polar surface area (TPSA) is 32.3 Å². The quantitative estimate of drug-likeness (QED) is 0.817. The lowest BCUT2D eigenvalue weighted by molar-refractivity contribution is 0.158. The lowest BCUT2D eigenvalue weighted by Gasteiger charge is -2.34. The van der Waals surface area contributed by atoms with Gasteiger partial charge in [-0.05, 0) is 42.9 Å². The number of nitrogens with one attached hydrogen (secondary N) is 1. The van der Waals surface area contributed by atoms with Crippen LogP contribution in [0.3, 0.4) is 0 Å². The first kappa shape index (κ1) is 14.3. The van der Waals surface area contributed by atoms with Crippen LogP contribution in [0.5, 0.6) is 0 Å². The smallest absolute Gasteiger partial charge is 0.0709 e. The molecular weight excluding hydrogens is 258 g/mol. The summed E-state index contributed by atoms with van der Waals surface area (Å²) in [4.78, 5) is 0. The largest absolute Gasteiger partial charge is 0.394 e. The van der Waals surface area contributed by atoms with Gasteiger partial charge in [0.15, 0.2) is 0 Å². The molecule has 1 saturated carbocycles. The fourth-order valence-corrected chi connectivity index (χ4v) is 2.83. The number of rotatable bonds is 7. The molecule has 21 heavy (non-hydrogen) atoms. The second kappa shape index (κ2) is 6.42. The first-order chi connectivity index (χ1) is 10.3. The minimum atomic E-state index is -0.384. The zero-order valence-corrected chi connectivity index (χ0v) is 12.3. The van der Waals surface area contributed by atoms with Crippen molar-refractivity contribution in [3.8, 4) is 0 Å². The third-order valence-corrected chi connectivity index (χ3v) is 4.37. The van der Waals surface area contributed by atoms with Gasteiger partial charge < -0.3 is 10.4 Å². The van der Waals surface area contributed by atoms with Gasteiger partial charge in [0.1, 0.15) is 0 Å². The van der Waals surface area contributed by atoms with Crippen molar-refractivity contribution in [3.63, 3.8) is 0 Å². The predicted molar refractivity (Wildman–Crippen MR) is 86.1 cm³/mol. The summed E-state index contributed by atoms with van der Waals surface area (Å²) >= 11 is 0. The average Bonchev–Trinajstić information content (AvgIpc) is 3.38. The highest BCUT2D eigenvalue weighted by atomic mass is 16.3. The Hall–Kier alpha value is -1.64. The molecule has 1 aliphatic rings. The highest BCUT2D eigenvalue weighted by molar-refractivity contribution is 5.29. The Morgan fingerprint density at radius 1 is 0.952 bits per heavy atom. The van der Waals surface area contributed by atoms with E-state index in [2.05, 4.69) is 41.7 Å². The Morgan fingerprint density at radius 3 is 2.14 bits per heavy atom. The molecule has 110 valence electrons. The maximum Gasteiger partial charge on any atom is 0.0709 e. The number of benzene rings is 2. The molecule has 1 aliphatic carbocycles. The third kappa shape index (κ3) is 3.52. The van der Waals surface area contributed by atoms with Crippen molar-refractivity contribution < 1.29 is 5.11 Å². The molecule has 1 fully saturated rings. The standard InChI is InChI=1S/C19H23NO/c21-15-19(20-14-17-11-12-17,18-9-5-2-6-10-18)13-16-7-3-1-4-8-16/h1-10,17,20-21H,11-15H2. The van der Waals surface area contributed by atoms with Gasteiger partial charge in [-0.2, -0.15) is 0 Å². The predicted octanol–water partition coefficient (Wildman–Crippen LogP) is 3.12. The molecular formula is C19H23NO. The summed E-state index contributed by atoms with van der Waals surface area (Å²) in [5, 5.41) is 13.8. The van der Waals surface area contributed by atoms with Crippen molar-refractivity contribution in [2.75, 3.05) is 13.2 Å². The van der Waals surface area contributed by atoms with E-state index in [-0.39, 0.29) is 12.1 Å². The van der Waals surface area contributed by atoms with Crippen molar-refractivity contribution in [3.05, 3.63) is 71.8 Å². The van der Waals surface area contributed by atoms with Crippen LogP contribution < -0.4 is 5.32 Å². The zero-order valence-electron chi connectivity index (χ0n) is 12.3. The minimum absolute atomic E-state index is 0.110. The van der Waals surface area contributed by atoms with E-state index in [4.69, 9.17) is 0 Å². The van der Waals surface area contributed by atoms with Gasteiger partial charge >= 0.3 is 0 Å². The van der Waals surface area contributed by atoms with Gasteiger partial charge in [0.25, 0.3) is 0 Å². The average molecular weight is 281 g/mol. The summed E-state index contributed by atoms with van der Waals surface area (Å²) < 4.78 is 0. The summed E-state index contributed by atoms with van der Waals surface area (Å²) in [6.45, 7) is 1.10. The van der Waals surface area contributed by atoms with E-state index in [1.807, 2.05) is 24.3 Å². The minimum Gasteiger partial charge on any atom is -0.394 e. The summed E-state index contributed by atoms with van der Waals surface area (Å²) in [6.07, 6.45) is 3.43. The van der Waals surface area contributed by atoms with Crippen molar-refractivity contribution in [1.29, 1.82) is 0 Å². The van der Waals surface area contributed by atoms with E-state index < -0.39 is 0 Å². The second-order valence-corrected chi connectivity index (χ2v) is 6.09. The summed E-state index contributed by atoms with van der Waals surface area (Å²) in [7, 11) is 0. The lowest BCUT2D eigenvalue weighted by atomic mass is 9.84. The molecule has 2 nitrogen and oxygen atoms in total. The van der Waals surface area contributed by atoms with E-state index >= 15 is 0 Å². The molecule has 0 bridgehead atoms. The molecule has 0 aromatic heterocycles. The molecule has 0 saturated heterocycles. The van der Waals surface area contributed by atoms with Gasteiger partial charge in [0.2, 0.25) is 0 Å². The van der Waals surface area contributed by atoms with Crippen LogP contribution in [0, 0.1) is 5.92 Å². The number of aliphatic hydroxyl groups excluding tert-OH is 1. The fourth-order valence-electron chi connectivity index (χ4n) is 2.83. The van der Waals surface area contributed by atoms with Crippen LogP contribution in [0.2, 0.25) is 0 Å². The van der Waals surface area contributed by atoms with Crippen LogP contribution in [-0.4, -0.2) is 18.3 Å². The Labute approximate surface area is 126 Å². The second-order valence-electron chi connectivity index (χ2n) is 6.09. The van der Waals surface area contributed by atoms with Crippen LogP contribution in [0.15, 0.2) is 60.7 Å². The Kier molecular flexibility index (Phi) is 4.37. The van der Waals surface area contributed by atoms with Gasteiger partial charge in [-0.1, -0.05) is 60.7 Å². The first-order valence-corrected chi connectivity index (χ1v) is 7.78. The number of hydrogen-bond donors (Lipinski definition) is 2. The molecule has 3 rings (SSSR count). The molecule has 1 unspecified atom stereocenters. The van der Waals surface area contributed by atoms with Crippen LogP contribution in [0.4, 0.5) is 0 Å². The first-order valence-electron chi connectivity index (χ1n) is 7.78. The Bertz CT molecular complexity index is 550. The molecule has 0 aliphatic heterocycles. The van der Waals surface area contributed by atoms with Crippen LogP contribution in [-0.2, 0) is 12.0 Å². The van der Waals surface area contributed by atoms with E-state index in [0.29, 0.717) is 0 Å². The summed E-state index contributed by atoms with van der Waals surface area (Å²) in [5.74, 6) is 0.787. The van der Waals surface area contributed by atoms with E-state index in [0.717, 1.165) is 24.4 Å². The zero-order chi connectivity index (χ0) is 14.5.